The van der Waals surface area contributed by atoms with Gasteiger partial charge in [-0.2, -0.15) is 0 Å². The van der Waals surface area contributed by atoms with Gasteiger partial charge in [-0.25, -0.2) is 0 Å². The Hall–Kier alpha value is -1.81. The third-order valence-corrected chi connectivity index (χ3v) is 12.1. The normalized spacial score (nSPS) is 52.0. The third kappa shape index (κ3) is 2.44. The molecular formula is C29H39NO8. The number of rotatable bonds is 3. The molecule has 9 nitrogen and oxygen atoms in total. The molecule has 5 aliphatic carbocycles. The van der Waals surface area contributed by atoms with E-state index in [-0.39, 0.29) is 29.8 Å². The van der Waals surface area contributed by atoms with Gasteiger partial charge in [-0.3, -0.25) is 14.4 Å². The average Bonchev–Trinajstić information content (AvgIpc) is 2.88. The van der Waals surface area contributed by atoms with Crippen molar-refractivity contribution in [1.29, 1.82) is 0 Å². The fourth-order valence-electron chi connectivity index (χ4n) is 10.8. The van der Waals surface area contributed by atoms with Crippen LogP contribution in [0.1, 0.15) is 59.3 Å². The zero-order chi connectivity index (χ0) is 27.0. The average molecular weight is 530 g/mol. The van der Waals surface area contributed by atoms with Crippen LogP contribution in [-0.4, -0.2) is 71.2 Å². The van der Waals surface area contributed by atoms with Gasteiger partial charge in [-0.1, -0.05) is 20.4 Å². The van der Waals surface area contributed by atoms with Crippen molar-refractivity contribution in [2.75, 3.05) is 19.7 Å². The van der Waals surface area contributed by atoms with E-state index in [4.69, 9.17) is 14.2 Å². The van der Waals surface area contributed by atoms with Gasteiger partial charge in [-0.15, -0.1) is 0 Å². The summed E-state index contributed by atoms with van der Waals surface area (Å²) in [6, 6.07) is 0. The monoisotopic (exact) mass is 529 g/mol. The second-order valence-corrected chi connectivity index (χ2v) is 13.8. The Balaban J connectivity index is 1.34. The zero-order valence-electron chi connectivity index (χ0n) is 22.5. The molecule has 8 aliphatic rings. The van der Waals surface area contributed by atoms with Crippen LogP contribution in [0.2, 0.25) is 0 Å². The molecule has 0 radical (unpaired) electrons. The van der Waals surface area contributed by atoms with E-state index in [1.165, 1.54) is 6.92 Å². The molecule has 3 N–H and O–H groups in total. The van der Waals surface area contributed by atoms with Crippen LogP contribution in [0.4, 0.5) is 0 Å². The number of carbonyl (C=O) groups is 3. The maximum atomic E-state index is 14.6. The minimum absolute atomic E-state index is 0.104. The molecule has 0 aromatic heterocycles. The minimum atomic E-state index is -2.11. The van der Waals surface area contributed by atoms with E-state index >= 15 is 0 Å². The van der Waals surface area contributed by atoms with Crippen LogP contribution >= 0.6 is 0 Å². The highest BCUT2D eigenvalue weighted by molar-refractivity contribution is 6.09. The van der Waals surface area contributed by atoms with E-state index in [0.717, 1.165) is 19.5 Å². The topological polar surface area (TPSA) is 131 Å². The van der Waals surface area contributed by atoms with Crippen LogP contribution < -0.4 is 5.32 Å². The largest absolute Gasteiger partial charge is 0.462 e. The summed E-state index contributed by atoms with van der Waals surface area (Å²) in [4.78, 5) is 40.2. The number of Topliss-reactive ketones (excluding diaryl/α,β-unsaturated/α-hetero) is 1. The number of carbonyl (C=O) groups excluding carboxylic acids is 3. The molecule has 3 saturated heterocycles. The van der Waals surface area contributed by atoms with E-state index in [2.05, 4.69) is 25.7 Å². The summed E-state index contributed by atoms with van der Waals surface area (Å²) in [5, 5.41) is 27.5. The Morgan fingerprint density at radius 1 is 1.11 bits per heavy atom. The summed E-state index contributed by atoms with van der Waals surface area (Å²) in [6.45, 7) is 11.3. The molecule has 10 atom stereocenters. The summed E-state index contributed by atoms with van der Waals surface area (Å²) >= 11 is 0. The van der Waals surface area contributed by atoms with E-state index in [9.17, 15) is 24.6 Å². The molecule has 8 rings (SSSR count). The number of piperidine rings is 1. The highest BCUT2D eigenvalue weighted by Crippen LogP contribution is 2.85. The van der Waals surface area contributed by atoms with Crippen molar-refractivity contribution < 1.29 is 38.8 Å². The molecule has 3 heterocycles. The molecule has 0 aromatic rings. The number of aliphatic hydroxyl groups excluding tert-OH is 1. The van der Waals surface area contributed by atoms with Crippen molar-refractivity contribution in [3.63, 3.8) is 0 Å². The van der Waals surface area contributed by atoms with Gasteiger partial charge in [0, 0.05) is 24.2 Å². The summed E-state index contributed by atoms with van der Waals surface area (Å²) in [5.41, 5.74) is -3.52. The lowest BCUT2D eigenvalue weighted by molar-refractivity contribution is -0.483. The predicted octanol–water partition coefficient (Wildman–Crippen LogP) is 1.50. The number of esters is 2. The Labute approximate surface area is 222 Å². The van der Waals surface area contributed by atoms with Crippen LogP contribution in [0, 0.1) is 45.8 Å². The molecule has 208 valence electrons. The number of nitrogens with one attached hydrogen (secondary N) is 1. The molecule has 1 unspecified atom stereocenters. The fourth-order valence-corrected chi connectivity index (χ4v) is 10.8. The zero-order valence-corrected chi connectivity index (χ0v) is 22.5. The molecule has 9 heteroatoms. The van der Waals surface area contributed by atoms with Gasteiger partial charge in [0.1, 0.15) is 17.6 Å². The highest BCUT2D eigenvalue weighted by atomic mass is 16.6. The Morgan fingerprint density at radius 3 is 2.50 bits per heavy atom. The number of fused-ring (bicyclic) bond motifs is 1. The van der Waals surface area contributed by atoms with Gasteiger partial charge in [0.15, 0.2) is 11.4 Å². The molecule has 5 saturated carbocycles. The van der Waals surface area contributed by atoms with Crippen LogP contribution in [0.3, 0.4) is 0 Å². The van der Waals surface area contributed by atoms with Crippen molar-refractivity contribution in [3.8, 4) is 0 Å². The molecule has 38 heavy (non-hydrogen) atoms. The van der Waals surface area contributed by atoms with Crippen molar-refractivity contribution in [3.05, 3.63) is 12.2 Å². The lowest BCUT2D eigenvalue weighted by Gasteiger charge is -2.84. The van der Waals surface area contributed by atoms with E-state index in [0.29, 0.717) is 37.7 Å². The first-order valence-corrected chi connectivity index (χ1v) is 14.3. The number of hydrogen-bond acceptors (Lipinski definition) is 9. The van der Waals surface area contributed by atoms with Gasteiger partial charge in [0.05, 0.1) is 12.5 Å². The smallest absolute Gasteiger partial charge is 0.310 e. The maximum Gasteiger partial charge on any atom is 0.310 e. The van der Waals surface area contributed by atoms with Crippen LogP contribution in [0.25, 0.3) is 0 Å². The summed E-state index contributed by atoms with van der Waals surface area (Å²) in [5.74, 6) is -5.02. The Morgan fingerprint density at radius 2 is 1.82 bits per heavy atom. The lowest BCUT2D eigenvalue weighted by Crippen LogP contribution is -2.97. The standard InChI is InChI=1S/C29H39NO8/c1-14-17-5-6-18-26-13-36-29(35,22(32)21(26)25(3,4)10-7-19(26)37-15(2)31)27(18)20(17)28(14,24(27)34)38-23(33)16-8-11-30-12-9-16/h16-22,30,32,35H,1,5-13H2,2-4H3/t17-,18-,19-,20+,21+,22-,26+,27+,28?,29+/m0/s1. The van der Waals surface area contributed by atoms with Gasteiger partial charge < -0.3 is 29.7 Å². The second-order valence-electron chi connectivity index (χ2n) is 13.8. The predicted molar refractivity (Wildman–Crippen MR) is 132 cm³/mol. The fraction of sp³-hybridized carbons (Fsp3) is 0.828. The first-order chi connectivity index (χ1) is 17.9. The van der Waals surface area contributed by atoms with Crippen molar-refractivity contribution in [2.45, 2.75) is 82.9 Å². The van der Waals surface area contributed by atoms with Gasteiger partial charge in [0.2, 0.25) is 5.79 Å². The van der Waals surface area contributed by atoms with Crippen LogP contribution in [-0.2, 0) is 28.6 Å². The molecule has 0 aromatic carbocycles. The summed E-state index contributed by atoms with van der Waals surface area (Å²) < 4.78 is 18.3. The van der Waals surface area contributed by atoms with Gasteiger partial charge in [0.25, 0.3) is 0 Å². The SMILES string of the molecule is C=C1[C@@H]2CC[C@H]3[C@@]45CO[C@](O)([C@@H](O)[C@@H]4C(C)(C)CC[C@@H]5OC(C)=O)[C@]34C(=O)C1(OC(=O)C1CCNCC1)[C@H]24. The van der Waals surface area contributed by atoms with Crippen molar-refractivity contribution in [1.82, 2.24) is 5.32 Å². The van der Waals surface area contributed by atoms with Crippen LogP contribution in [0.5, 0.6) is 0 Å². The Kier molecular flexibility index (Phi) is 4.95. The summed E-state index contributed by atoms with van der Waals surface area (Å²) in [6.07, 6.45) is 2.06. The maximum absolute atomic E-state index is 14.6. The van der Waals surface area contributed by atoms with Crippen molar-refractivity contribution >= 4 is 17.7 Å². The molecular weight excluding hydrogens is 490 g/mol. The lowest BCUT2D eigenvalue weighted by atomic mass is 9.21. The van der Waals surface area contributed by atoms with Gasteiger partial charge in [-0.05, 0) is 74.4 Å². The third-order valence-electron chi connectivity index (χ3n) is 12.1. The molecule has 2 spiro atoms. The first kappa shape index (κ1) is 25.2. The Bertz CT molecular complexity index is 1150. The van der Waals surface area contributed by atoms with Crippen LogP contribution in [0.15, 0.2) is 12.2 Å². The molecule has 2 bridgehead atoms. The number of ketones is 1. The second kappa shape index (κ2) is 7.47. The molecule has 3 aliphatic heterocycles. The van der Waals surface area contributed by atoms with E-state index < -0.39 is 64.0 Å². The quantitative estimate of drug-likeness (QED) is 0.368. The number of hydrogen-bond donors (Lipinski definition) is 3. The molecule has 8 fully saturated rings. The van der Waals surface area contributed by atoms with E-state index in [1.54, 1.807) is 0 Å². The van der Waals surface area contributed by atoms with Gasteiger partial charge >= 0.3 is 11.9 Å². The molecule has 0 amide bonds. The number of ether oxygens (including phenoxy) is 3. The van der Waals surface area contributed by atoms with Crippen molar-refractivity contribution in [2.24, 2.45) is 45.8 Å². The summed E-state index contributed by atoms with van der Waals surface area (Å²) in [7, 11) is 0. The number of aliphatic hydroxyl groups is 2. The first-order valence-electron chi connectivity index (χ1n) is 14.3. The minimum Gasteiger partial charge on any atom is -0.462 e. The highest BCUT2D eigenvalue weighted by Gasteiger charge is 2.97. The van der Waals surface area contributed by atoms with E-state index in [1.807, 2.05) is 0 Å².